The molecule has 3 aliphatic rings. The largest absolute Gasteiger partial charge is 0.338 e. The summed E-state index contributed by atoms with van der Waals surface area (Å²) in [6.45, 7) is 2.21. The van der Waals surface area contributed by atoms with Gasteiger partial charge in [-0.15, -0.1) is 0 Å². The number of fused-ring (bicyclic) bond motifs is 4. The Morgan fingerprint density at radius 3 is 2.79 bits per heavy atom. The molecular weight excluding hydrogens is 304 g/mol. The van der Waals surface area contributed by atoms with Crippen molar-refractivity contribution in [3.05, 3.63) is 30.1 Å². The van der Waals surface area contributed by atoms with Gasteiger partial charge < -0.3 is 14.7 Å². The minimum absolute atomic E-state index is 0.0524. The van der Waals surface area contributed by atoms with Crippen LogP contribution in [0.4, 0.5) is 4.79 Å². The van der Waals surface area contributed by atoms with Crippen LogP contribution in [0.1, 0.15) is 24.8 Å². The third kappa shape index (κ3) is 3.68. The summed E-state index contributed by atoms with van der Waals surface area (Å²) in [5.74, 6) is 0.600. The molecule has 0 N–H and O–H groups in total. The maximum atomic E-state index is 12.7. The van der Waals surface area contributed by atoms with Crippen molar-refractivity contribution in [1.82, 2.24) is 19.7 Å². The van der Waals surface area contributed by atoms with Gasteiger partial charge in [0.1, 0.15) is 0 Å². The molecule has 0 radical (unpaired) electrons. The SMILES string of the molecule is CN(C)C(=O)N1C[C@H]2CC[C@@H](C1)N(C(=O)CCc1cccnc1)C2. The highest BCUT2D eigenvalue weighted by molar-refractivity contribution is 5.78. The molecule has 3 amide bonds. The number of nitrogens with zero attached hydrogens (tertiary/aromatic N) is 4. The van der Waals surface area contributed by atoms with E-state index in [1.54, 1.807) is 25.2 Å². The van der Waals surface area contributed by atoms with Gasteiger partial charge in [-0.1, -0.05) is 6.07 Å². The summed E-state index contributed by atoms with van der Waals surface area (Å²) in [7, 11) is 3.57. The normalized spacial score (nSPS) is 23.1. The van der Waals surface area contributed by atoms with Gasteiger partial charge in [-0.05, 0) is 36.8 Å². The van der Waals surface area contributed by atoms with Crippen LogP contribution in [0.5, 0.6) is 0 Å². The molecule has 0 spiro atoms. The monoisotopic (exact) mass is 330 g/mol. The van der Waals surface area contributed by atoms with Gasteiger partial charge in [-0.25, -0.2) is 4.79 Å². The fourth-order valence-electron chi connectivity index (χ4n) is 3.77. The van der Waals surface area contributed by atoms with Crippen molar-refractivity contribution in [2.75, 3.05) is 33.7 Å². The molecule has 24 heavy (non-hydrogen) atoms. The lowest BCUT2D eigenvalue weighted by Crippen LogP contribution is -2.48. The number of hydrogen-bond donors (Lipinski definition) is 0. The van der Waals surface area contributed by atoms with Crippen LogP contribution < -0.4 is 0 Å². The van der Waals surface area contributed by atoms with Gasteiger partial charge in [0.15, 0.2) is 0 Å². The van der Waals surface area contributed by atoms with Crippen molar-refractivity contribution in [2.24, 2.45) is 5.92 Å². The highest BCUT2D eigenvalue weighted by atomic mass is 16.2. The van der Waals surface area contributed by atoms with Gasteiger partial charge in [-0.2, -0.15) is 0 Å². The molecule has 0 aliphatic carbocycles. The number of aromatic nitrogens is 1. The van der Waals surface area contributed by atoms with Crippen LogP contribution in [0, 0.1) is 5.92 Å². The van der Waals surface area contributed by atoms with Gasteiger partial charge in [0, 0.05) is 58.6 Å². The van der Waals surface area contributed by atoms with E-state index in [4.69, 9.17) is 0 Å². The summed E-state index contributed by atoms with van der Waals surface area (Å²) in [5.41, 5.74) is 1.09. The van der Waals surface area contributed by atoms with Crippen molar-refractivity contribution >= 4 is 11.9 Å². The third-order valence-electron chi connectivity index (χ3n) is 5.04. The molecule has 4 rings (SSSR count). The van der Waals surface area contributed by atoms with Crippen molar-refractivity contribution < 1.29 is 9.59 Å². The molecule has 3 saturated heterocycles. The lowest BCUT2D eigenvalue weighted by molar-refractivity contribution is -0.135. The molecular formula is C18H26N4O2. The zero-order chi connectivity index (χ0) is 17.1. The summed E-state index contributed by atoms with van der Waals surface area (Å²) in [4.78, 5) is 34.7. The van der Waals surface area contributed by atoms with Gasteiger partial charge in [0.25, 0.3) is 0 Å². The van der Waals surface area contributed by atoms with Crippen LogP contribution in [0.15, 0.2) is 24.5 Å². The maximum Gasteiger partial charge on any atom is 0.319 e. The van der Waals surface area contributed by atoms with Crippen LogP contribution in [-0.2, 0) is 11.2 Å². The minimum atomic E-state index is 0.0524. The summed E-state index contributed by atoms with van der Waals surface area (Å²) < 4.78 is 0. The molecule has 0 unspecified atom stereocenters. The Labute approximate surface area is 143 Å². The number of aryl methyl sites for hydroxylation is 1. The van der Waals surface area contributed by atoms with Crippen molar-refractivity contribution in [3.8, 4) is 0 Å². The summed E-state index contributed by atoms with van der Waals surface area (Å²) >= 11 is 0. The quantitative estimate of drug-likeness (QED) is 0.846. The first-order valence-corrected chi connectivity index (χ1v) is 8.69. The Kier molecular flexibility index (Phi) is 5.02. The highest BCUT2D eigenvalue weighted by Gasteiger charge is 2.38. The molecule has 6 heteroatoms. The number of urea groups is 1. The first-order chi connectivity index (χ1) is 11.5. The fourth-order valence-corrected chi connectivity index (χ4v) is 3.77. The molecule has 1 aromatic rings. The molecule has 130 valence electrons. The van der Waals surface area contributed by atoms with Crippen LogP contribution >= 0.6 is 0 Å². The predicted octanol–water partition coefficient (Wildman–Crippen LogP) is 1.62. The van der Waals surface area contributed by atoms with Crippen LogP contribution in [0.2, 0.25) is 0 Å². The second kappa shape index (κ2) is 7.20. The smallest absolute Gasteiger partial charge is 0.319 e. The van der Waals surface area contributed by atoms with Crippen molar-refractivity contribution in [3.63, 3.8) is 0 Å². The van der Waals surface area contributed by atoms with E-state index in [0.717, 1.165) is 37.9 Å². The van der Waals surface area contributed by atoms with E-state index in [2.05, 4.69) is 4.98 Å². The standard InChI is InChI=1S/C18H26N4O2/c1-20(2)18(24)21-11-15-5-7-16(13-21)22(12-15)17(23)8-6-14-4-3-9-19-10-14/h3-4,9-10,15-16H,5-8,11-13H2,1-2H3/t15-,16+/m1/s1. The van der Waals surface area contributed by atoms with Gasteiger partial charge in [0.05, 0.1) is 0 Å². The minimum Gasteiger partial charge on any atom is -0.338 e. The van der Waals surface area contributed by atoms with Crippen LogP contribution in [-0.4, -0.2) is 71.4 Å². The van der Waals surface area contributed by atoms with E-state index in [9.17, 15) is 9.59 Å². The van der Waals surface area contributed by atoms with E-state index >= 15 is 0 Å². The molecule has 2 atom stereocenters. The van der Waals surface area contributed by atoms with E-state index in [1.807, 2.05) is 28.1 Å². The lowest BCUT2D eigenvalue weighted by Gasteiger charge is -2.36. The molecule has 2 bridgehead atoms. The molecule has 3 fully saturated rings. The summed E-state index contributed by atoms with van der Waals surface area (Å²) in [6, 6.07) is 4.12. The van der Waals surface area contributed by atoms with Gasteiger partial charge in [-0.3, -0.25) is 9.78 Å². The fraction of sp³-hybridized carbons (Fsp3) is 0.611. The summed E-state index contributed by atoms with van der Waals surface area (Å²) in [6.07, 6.45) is 6.90. The first-order valence-electron chi connectivity index (χ1n) is 8.69. The number of pyridine rings is 1. The molecule has 0 saturated carbocycles. The second-order valence-electron chi connectivity index (χ2n) is 7.09. The number of piperidine rings is 1. The molecule has 3 aliphatic heterocycles. The van der Waals surface area contributed by atoms with E-state index in [1.165, 1.54) is 0 Å². The van der Waals surface area contributed by atoms with Crippen LogP contribution in [0.3, 0.4) is 0 Å². The number of carbonyl (C=O) groups excluding carboxylic acids is 2. The predicted molar refractivity (Wildman–Crippen MR) is 91.4 cm³/mol. The summed E-state index contributed by atoms with van der Waals surface area (Å²) in [5, 5.41) is 0. The van der Waals surface area contributed by atoms with E-state index < -0.39 is 0 Å². The number of rotatable bonds is 3. The number of hydrogen-bond acceptors (Lipinski definition) is 3. The highest BCUT2D eigenvalue weighted by Crippen LogP contribution is 2.29. The Bertz CT molecular complexity index is 590. The zero-order valence-electron chi connectivity index (χ0n) is 14.5. The number of amides is 3. The second-order valence-corrected chi connectivity index (χ2v) is 7.09. The topological polar surface area (TPSA) is 56.8 Å². The Hall–Kier alpha value is -2.11. The van der Waals surface area contributed by atoms with E-state index in [0.29, 0.717) is 18.9 Å². The Balaban J connectivity index is 1.62. The van der Waals surface area contributed by atoms with E-state index in [-0.39, 0.29) is 18.0 Å². The number of carbonyl (C=O) groups is 2. The van der Waals surface area contributed by atoms with Crippen molar-refractivity contribution in [1.29, 1.82) is 0 Å². The lowest BCUT2D eigenvalue weighted by atomic mass is 9.94. The Morgan fingerprint density at radius 2 is 2.08 bits per heavy atom. The molecule has 0 aromatic carbocycles. The average molecular weight is 330 g/mol. The molecule has 4 heterocycles. The first kappa shape index (κ1) is 16.7. The molecule has 6 nitrogen and oxygen atoms in total. The average Bonchev–Trinajstić information content (AvgIpc) is 2.91. The molecule has 1 aromatic heterocycles. The van der Waals surface area contributed by atoms with Crippen molar-refractivity contribution in [2.45, 2.75) is 31.7 Å². The van der Waals surface area contributed by atoms with Crippen LogP contribution in [0.25, 0.3) is 0 Å². The maximum absolute atomic E-state index is 12.7. The van der Waals surface area contributed by atoms with Gasteiger partial charge >= 0.3 is 6.03 Å². The zero-order valence-corrected chi connectivity index (χ0v) is 14.5. The van der Waals surface area contributed by atoms with Gasteiger partial charge in [0.2, 0.25) is 5.91 Å². The Morgan fingerprint density at radius 1 is 1.25 bits per heavy atom. The third-order valence-corrected chi connectivity index (χ3v) is 5.04.